The highest BCUT2D eigenvalue weighted by Gasteiger charge is 2.31. The van der Waals surface area contributed by atoms with Gasteiger partial charge in [-0.25, -0.2) is 4.98 Å². The summed E-state index contributed by atoms with van der Waals surface area (Å²) >= 11 is 0. The van der Waals surface area contributed by atoms with Crippen molar-refractivity contribution in [3.05, 3.63) is 35.9 Å². The Morgan fingerprint density at radius 2 is 2.20 bits per heavy atom. The number of nitrogens with zero attached hydrogens (tertiary/aromatic N) is 2. The Bertz CT molecular complexity index is 684. The minimum Gasteiger partial charge on any atom is -0.368 e. The summed E-state index contributed by atoms with van der Waals surface area (Å²) in [5.74, 6) is 0.189. The molecule has 5 nitrogen and oxygen atoms in total. The number of carbonyl (C=O) groups excluding carboxylic acids is 2. The second kappa shape index (κ2) is 4.92. The van der Waals surface area contributed by atoms with Crippen molar-refractivity contribution in [3.8, 4) is 0 Å². The van der Waals surface area contributed by atoms with Gasteiger partial charge in [0, 0.05) is 11.9 Å². The quantitative estimate of drug-likeness (QED) is 0.857. The number of para-hydroxylation sites is 1. The molecule has 3 rings (SSSR count). The maximum atomic E-state index is 11.5. The number of carbonyl (C=O) groups is 2. The first-order valence-electron chi connectivity index (χ1n) is 6.61. The van der Waals surface area contributed by atoms with Gasteiger partial charge in [0.15, 0.2) is 6.29 Å². The molecular formula is C15H15N3O2. The van der Waals surface area contributed by atoms with Crippen molar-refractivity contribution in [2.75, 3.05) is 11.4 Å². The van der Waals surface area contributed by atoms with E-state index in [4.69, 9.17) is 5.73 Å². The number of pyridine rings is 1. The fourth-order valence-electron chi connectivity index (χ4n) is 2.75. The highest BCUT2D eigenvalue weighted by Crippen LogP contribution is 2.28. The summed E-state index contributed by atoms with van der Waals surface area (Å²) < 4.78 is 0. The summed E-state index contributed by atoms with van der Waals surface area (Å²) in [5.41, 5.74) is 6.74. The van der Waals surface area contributed by atoms with Crippen molar-refractivity contribution in [1.82, 2.24) is 4.98 Å². The SMILES string of the molecule is NC(=O)[C@H]1CCCN1c1nc2ccccc2cc1C=O. The van der Waals surface area contributed by atoms with Crippen molar-refractivity contribution >= 4 is 28.9 Å². The van der Waals surface area contributed by atoms with Gasteiger partial charge >= 0.3 is 0 Å². The van der Waals surface area contributed by atoms with Crippen LogP contribution in [0.25, 0.3) is 10.9 Å². The van der Waals surface area contributed by atoms with Crippen molar-refractivity contribution in [2.24, 2.45) is 5.73 Å². The molecule has 0 radical (unpaired) electrons. The Kier molecular flexibility index (Phi) is 3.10. The highest BCUT2D eigenvalue weighted by atomic mass is 16.1. The van der Waals surface area contributed by atoms with Gasteiger partial charge in [0.05, 0.1) is 11.1 Å². The zero-order valence-electron chi connectivity index (χ0n) is 11.0. The Hall–Kier alpha value is -2.43. The van der Waals surface area contributed by atoms with Gasteiger partial charge in [-0.1, -0.05) is 18.2 Å². The summed E-state index contributed by atoms with van der Waals surface area (Å²) in [4.78, 5) is 29.2. The van der Waals surface area contributed by atoms with Crippen LogP contribution in [0, 0.1) is 0 Å². The van der Waals surface area contributed by atoms with Gasteiger partial charge < -0.3 is 10.6 Å². The highest BCUT2D eigenvalue weighted by molar-refractivity contribution is 5.93. The lowest BCUT2D eigenvalue weighted by molar-refractivity contribution is -0.119. The maximum Gasteiger partial charge on any atom is 0.240 e. The summed E-state index contributed by atoms with van der Waals surface area (Å²) in [6.45, 7) is 0.694. The van der Waals surface area contributed by atoms with Gasteiger partial charge in [-0.05, 0) is 25.0 Å². The lowest BCUT2D eigenvalue weighted by atomic mass is 10.1. The van der Waals surface area contributed by atoms with Gasteiger partial charge in [-0.3, -0.25) is 9.59 Å². The van der Waals surface area contributed by atoms with Crippen LogP contribution in [0.2, 0.25) is 0 Å². The molecule has 0 saturated carbocycles. The van der Waals surface area contributed by atoms with E-state index >= 15 is 0 Å². The molecule has 2 N–H and O–H groups in total. The molecule has 0 aliphatic carbocycles. The second-order valence-electron chi connectivity index (χ2n) is 4.97. The normalized spacial score (nSPS) is 18.4. The van der Waals surface area contributed by atoms with Crippen molar-refractivity contribution in [1.29, 1.82) is 0 Å². The molecule has 0 unspecified atom stereocenters. The van der Waals surface area contributed by atoms with E-state index in [1.54, 1.807) is 6.07 Å². The Balaban J connectivity index is 2.14. The first-order valence-corrected chi connectivity index (χ1v) is 6.61. The van der Waals surface area contributed by atoms with Gasteiger partial charge in [0.2, 0.25) is 5.91 Å². The minimum absolute atomic E-state index is 0.366. The zero-order chi connectivity index (χ0) is 14.1. The lowest BCUT2D eigenvalue weighted by Crippen LogP contribution is -2.41. The molecule has 2 aromatic rings. The molecule has 0 bridgehead atoms. The molecule has 2 heterocycles. The predicted molar refractivity (Wildman–Crippen MR) is 76.7 cm³/mol. The number of rotatable bonds is 3. The van der Waals surface area contributed by atoms with Crippen molar-refractivity contribution in [2.45, 2.75) is 18.9 Å². The first-order chi connectivity index (χ1) is 9.70. The molecule has 1 aliphatic heterocycles. The molecule has 0 spiro atoms. The van der Waals surface area contributed by atoms with E-state index < -0.39 is 0 Å². The van der Waals surface area contributed by atoms with Crippen molar-refractivity contribution < 1.29 is 9.59 Å². The monoisotopic (exact) mass is 269 g/mol. The largest absolute Gasteiger partial charge is 0.368 e. The number of nitrogens with two attached hydrogens (primary N) is 1. The number of amides is 1. The first kappa shape index (κ1) is 12.6. The molecule has 20 heavy (non-hydrogen) atoms. The Labute approximate surface area is 116 Å². The third-order valence-corrected chi connectivity index (χ3v) is 3.71. The van der Waals surface area contributed by atoms with Crippen LogP contribution in [0.3, 0.4) is 0 Å². The number of aldehydes is 1. The van der Waals surface area contributed by atoms with Gasteiger partial charge in [-0.15, -0.1) is 0 Å². The average Bonchev–Trinajstić information content (AvgIpc) is 2.95. The maximum absolute atomic E-state index is 11.5. The van der Waals surface area contributed by atoms with Crippen LogP contribution in [0.5, 0.6) is 0 Å². The molecule has 1 aromatic carbocycles. The van der Waals surface area contributed by atoms with Gasteiger partial charge in [-0.2, -0.15) is 0 Å². The van der Waals surface area contributed by atoms with E-state index in [2.05, 4.69) is 4.98 Å². The summed E-state index contributed by atoms with van der Waals surface area (Å²) in [5, 5.41) is 0.910. The molecule has 1 atom stereocenters. The van der Waals surface area contributed by atoms with E-state index in [9.17, 15) is 9.59 Å². The molecule has 1 aromatic heterocycles. The fourth-order valence-corrected chi connectivity index (χ4v) is 2.75. The predicted octanol–water partition coefficient (Wildman–Crippen LogP) is 1.50. The number of hydrogen-bond acceptors (Lipinski definition) is 4. The number of benzene rings is 1. The van der Waals surface area contributed by atoms with E-state index in [0.29, 0.717) is 24.3 Å². The number of hydrogen-bond donors (Lipinski definition) is 1. The molecule has 1 saturated heterocycles. The summed E-state index contributed by atoms with van der Waals surface area (Å²) in [6, 6.07) is 9.04. The minimum atomic E-state index is -0.373. The molecule has 102 valence electrons. The van der Waals surface area contributed by atoms with Crippen LogP contribution in [0.15, 0.2) is 30.3 Å². The van der Waals surface area contributed by atoms with Crippen LogP contribution < -0.4 is 10.6 Å². The molecule has 1 aliphatic rings. The van der Waals surface area contributed by atoms with Gasteiger partial charge in [0.1, 0.15) is 11.9 Å². The number of fused-ring (bicyclic) bond motifs is 1. The van der Waals surface area contributed by atoms with E-state index in [1.165, 1.54) is 0 Å². The zero-order valence-corrected chi connectivity index (χ0v) is 11.0. The van der Waals surface area contributed by atoms with Crippen molar-refractivity contribution in [3.63, 3.8) is 0 Å². The van der Waals surface area contributed by atoms with Crippen LogP contribution in [-0.4, -0.2) is 29.8 Å². The number of primary amides is 1. The standard InChI is InChI=1S/C15H15N3O2/c16-14(20)13-6-3-7-18(13)15-11(9-19)8-10-4-1-2-5-12(10)17-15/h1-2,4-5,8-9,13H,3,6-7H2,(H2,16,20)/t13-/m1/s1. The van der Waals surface area contributed by atoms with Crippen LogP contribution >= 0.6 is 0 Å². The Morgan fingerprint density at radius 1 is 1.40 bits per heavy atom. The molecule has 1 fully saturated rings. The van der Waals surface area contributed by atoms with E-state index in [0.717, 1.165) is 23.6 Å². The molecule has 1 amide bonds. The summed E-state index contributed by atoms with van der Waals surface area (Å²) in [6.07, 6.45) is 2.37. The Morgan fingerprint density at radius 3 is 2.95 bits per heavy atom. The lowest BCUT2D eigenvalue weighted by Gasteiger charge is -2.24. The summed E-state index contributed by atoms with van der Waals surface area (Å²) in [7, 11) is 0. The number of aromatic nitrogens is 1. The van der Waals surface area contributed by atoms with Crippen LogP contribution in [0.1, 0.15) is 23.2 Å². The third-order valence-electron chi connectivity index (χ3n) is 3.71. The number of anilines is 1. The molecular weight excluding hydrogens is 254 g/mol. The van der Waals surface area contributed by atoms with Crippen LogP contribution in [0.4, 0.5) is 5.82 Å². The topological polar surface area (TPSA) is 76.3 Å². The van der Waals surface area contributed by atoms with E-state index in [-0.39, 0.29) is 11.9 Å². The fraction of sp³-hybridized carbons (Fsp3) is 0.267. The average molecular weight is 269 g/mol. The molecule has 5 heteroatoms. The smallest absolute Gasteiger partial charge is 0.240 e. The van der Waals surface area contributed by atoms with Crippen LogP contribution in [-0.2, 0) is 4.79 Å². The second-order valence-corrected chi connectivity index (χ2v) is 4.97. The third kappa shape index (κ3) is 2.01. The van der Waals surface area contributed by atoms with E-state index in [1.807, 2.05) is 29.2 Å². The van der Waals surface area contributed by atoms with Gasteiger partial charge in [0.25, 0.3) is 0 Å².